The van der Waals surface area contributed by atoms with Crippen LogP contribution in [-0.2, 0) is 6.54 Å². The van der Waals surface area contributed by atoms with Crippen molar-refractivity contribution >= 4 is 41.5 Å². The van der Waals surface area contributed by atoms with Gasteiger partial charge < -0.3 is 15.2 Å². The highest BCUT2D eigenvalue weighted by Crippen LogP contribution is 2.19. The Morgan fingerprint density at radius 2 is 2.09 bits per heavy atom. The molecule has 0 amide bonds. The van der Waals surface area contributed by atoms with Gasteiger partial charge in [0.25, 0.3) is 0 Å². The Bertz CT molecular complexity index is 666. The minimum atomic E-state index is -0.0807. The summed E-state index contributed by atoms with van der Waals surface area (Å²) in [5.41, 5.74) is 0.738. The van der Waals surface area contributed by atoms with Crippen LogP contribution in [0, 0.1) is 0 Å². The molecule has 0 aliphatic carbocycles. The molecule has 2 rings (SSSR count). The van der Waals surface area contributed by atoms with Gasteiger partial charge in [0.1, 0.15) is 0 Å². The first-order valence-electron chi connectivity index (χ1n) is 6.95. The second-order valence-corrected chi connectivity index (χ2v) is 6.26. The number of hydrogen-bond donors (Lipinski definition) is 2. The molecule has 0 atom stereocenters. The molecule has 0 radical (unpaired) electrons. The Morgan fingerprint density at radius 1 is 1.35 bits per heavy atom. The minimum absolute atomic E-state index is 0. The molecule has 0 aliphatic heterocycles. The molecule has 0 saturated carbocycles. The van der Waals surface area contributed by atoms with Crippen LogP contribution in [0.4, 0.5) is 0 Å². The van der Waals surface area contributed by atoms with Gasteiger partial charge in [0, 0.05) is 23.2 Å². The summed E-state index contributed by atoms with van der Waals surface area (Å²) in [6, 6.07) is 7.33. The molecular formula is C15H21ClIN5O. The highest BCUT2D eigenvalue weighted by Gasteiger charge is 2.13. The van der Waals surface area contributed by atoms with Crippen molar-refractivity contribution in [3.63, 3.8) is 0 Å². The second kappa shape index (κ2) is 8.49. The van der Waals surface area contributed by atoms with E-state index in [1.807, 2.05) is 12.1 Å². The SMILES string of the molecule is CN=C(NCc1nc(-c2cccc(Cl)c2)no1)NC(C)(C)C.I. The molecule has 0 saturated heterocycles. The zero-order valence-electron chi connectivity index (χ0n) is 13.6. The van der Waals surface area contributed by atoms with Crippen molar-refractivity contribution in [1.29, 1.82) is 0 Å². The van der Waals surface area contributed by atoms with Gasteiger partial charge in [0.15, 0.2) is 5.96 Å². The Balaban J connectivity index is 0.00000264. The van der Waals surface area contributed by atoms with Crippen LogP contribution in [0.25, 0.3) is 11.4 Å². The first-order valence-corrected chi connectivity index (χ1v) is 7.32. The van der Waals surface area contributed by atoms with E-state index in [1.165, 1.54) is 0 Å². The summed E-state index contributed by atoms with van der Waals surface area (Å²) in [5, 5.41) is 11.0. The lowest BCUT2D eigenvalue weighted by atomic mass is 10.1. The molecular weight excluding hydrogens is 429 g/mol. The molecule has 0 bridgehead atoms. The number of benzene rings is 1. The number of aromatic nitrogens is 2. The van der Waals surface area contributed by atoms with Crippen molar-refractivity contribution in [2.45, 2.75) is 32.9 Å². The van der Waals surface area contributed by atoms with Gasteiger partial charge >= 0.3 is 0 Å². The topological polar surface area (TPSA) is 75.3 Å². The normalized spacial score (nSPS) is 11.8. The molecule has 0 spiro atoms. The Hall–Kier alpha value is -1.35. The molecule has 2 N–H and O–H groups in total. The maximum absolute atomic E-state index is 5.96. The summed E-state index contributed by atoms with van der Waals surface area (Å²) in [7, 11) is 1.71. The van der Waals surface area contributed by atoms with Crippen molar-refractivity contribution in [3.05, 3.63) is 35.2 Å². The first kappa shape index (κ1) is 19.7. The van der Waals surface area contributed by atoms with E-state index >= 15 is 0 Å². The van der Waals surface area contributed by atoms with Crippen LogP contribution in [-0.4, -0.2) is 28.7 Å². The molecule has 1 aromatic heterocycles. The number of nitrogens with zero attached hydrogens (tertiary/aromatic N) is 3. The summed E-state index contributed by atoms with van der Waals surface area (Å²) < 4.78 is 5.23. The van der Waals surface area contributed by atoms with Crippen LogP contribution < -0.4 is 10.6 Å². The predicted octanol–water partition coefficient (Wildman–Crippen LogP) is 3.47. The summed E-state index contributed by atoms with van der Waals surface area (Å²) in [5.74, 6) is 1.67. The lowest BCUT2D eigenvalue weighted by molar-refractivity contribution is 0.374. The fraction of sp³-hybridized carbons (Fsp3) is 0.400. The predicted molar refractivity (Wildman–Crippen MR) is 103 cm³/mol. The van der Waals surface area contributed by atoms with Crippen molar-refractivity contribution in [2.75, 3.05) is 7.05 Å². The number of rotatable bonds is 3. The van der Waals surface area contributed by atoms with Crippen LogP contribution >= 0.6 is 35.6 Å². The summed E-state index contributed by atoms with van der Waals surface area (Å²) in [4.78, 5) is 8.49. The number of guanidine groups is 1. The smallest absolute Gasteiger partial charge is 0.246 e. The van der Waals surface area contributed by atoms with Crippen molar-refractivity contribution in [3.8, 4) is 11.4 Å². The van der Waals surface area contributed by atoms with Gasteiger partial charge in [-0.3, -0.25) is 4.99 Å². The van der Waals surface area contributed by atoms with Crippen LogP contribution in [0.1, 0.15) is 26.7 Å². The van der Waals surface area contributed by atoms with Crippen LogP contribution in [0.3, 0.4) is 0 Å². The minimum Gasteiger partial charge on any atom is -0.352 e. The fourth-order valence-electron chi connectivity index (χ4n) is 1.77. The molecule has 1 aromatic carbocycles. The molecule has 126 valence electrons. The third kappa shape index (κ3) is 6.34. The zero-order chi connectivity index (χ0) is 16.2. The standard InChI is InChI=1S/C15H20ClN5O.HI/c1-15(2,3)20-14(17-4)18-9-12-19-13(21-22-12)10-6-5-7-11(16)8-10;/h5-8H,9H2,1-4H3,(H2,17,18,20);1H. The summed E-state index contributed by atoms with van der Waals surface area (Å²) in [6.45, 7) is 6.57. The van der Waals surface area contributed by atoms with Crippen LogP contribution in [0.2, 0.25) is 5.02 Å². The Labute approximate surface area is 158 Å². The lowest BCUT2D eigenvalue weighted by Crippen LogP contribution is -2.47. The van der Waals surface area contributed by atoms with Crippen molar-refractivity contribution in [2.24, 2.45) is 4.99 Å². The lowest BCUT2D eigenvalue weighted by Gasteiger charge is -2.23. The summed E-state index contributed by atoms with van der Waals surface area (Å²) >= 11 is 5.96. The molecule has 6 nitrogen and oxygen atoms in total. The van der Waals surface area contributed by atoms with Gasteiger partial charge in [-0.25, -0.2) is 0 Å². The van der Waals surface area contributed by atoms with Crippen LogP contribution in [0.5, 0.6) is 0 Å². The third-order valence-electron chi connectivity index (χ3n) is 2.67. The third-order valence-corrected chi connectivity index (χ3v) is 2.91. The number of nitrogens with one attached hydrogen (secondary N) is 2. The van der Waals surface area contributed by atoms with Gasteiger partial charge in [-0.2, -0.15) is 4.98 Å². The van der Waals surface area contributed by atoms with Gasteiger partial charge in [-0.15, -0.1) is 24.0 Å². The van der Waals surface area contributed by atoms with Crippen molar-refractivity contribution < 1.29 is 4.52 Å². The molecule has 0 unspecified atom stereocenters. The molecule has 23 heavy (non-hydrogen) atoms. The molecule has 2 aromatic rings. The zero-order valence-corrected chi connectivity index (χ0v) is 16.6. The van der Waals surface area contributed by atoms with E-state index in [2.05, 4.69) is 46.5 Å². The highest BCUT2D eigenvalue weighted by atomic mass is 127. The summed E-state index contributed by atoms with van der Waals surface area (Å²) in [6.07, 6.45) is 0. The van der Waals surface area contributed by atoms with E-state index in [4.69, 9.17) is 16.1 Å². The molecule has 1 heterocycles. The molecule has 8 heteroatoms. The Kier molecular flexibility index (Phi) is 7.27. The number of halogens is 2. The van der Waals surface area contributed by atoms with E-state index in [1.54, 1.807) is 19.2 Å². The average Bonchev–Trinajstić information content (AvgIpc) is 2.91. The number of hydrogen-bond acceptors (Lipinski definition) is 4. The highest BCUT2D eigenvalue weighted by molar-refractivity contribution is 14.0. The Morgan fingerprint density at radius 3 is 2.70 bits per heavy atom. The van der Waals surface area contributed by atoms with Gasteiger partial charge in [0.2, 0.25) is 11.7 Å². The molecule has 0 aliphatic rings. The average molecular weight is 450 g/mol. The van der Waals surface area contributed by atoms with E-state index < -0.39 is 0 Å². The van der Waals surface area contributed by atoms with Gasteiger partial charge in [-0.05, 0) is 32.9 Å². The maximum Gasteiger partial charge on any atom is 0.246 e. The second-order valence-electron chi connectivity index (χ2n) is 5.82. The van der Waals surface area contributed by atoms with E-state index in [0.717, 1.165) is 5.56 Å². The van der Waals surface area contributed by atoms with Crippen LogP contribution in [0.15, 0.2) is 33.8 Å². The quantitative estimate of drug-likeness (QED) is 0.426. The largest absolute Gasteiger partial charge is 0.352 e. The van der Waals surface area contributed by atoms with Crippen molar-refractivity contribution in [1.82, 2.24) is 20.8 Å². The van der Waals surface area contributed by atoms with E-state index in [0.29, 0.717) is 29.2 Å². The van der Waals surface area contributed by atoms with Gasteiger partial charge in [0.05, 0.1) is 6.54 Å². The van der Waals surface area contributed by atoms with Gasteiger partial charge in [-0.1, -0.05) is 28.9 Å². The monoisotopic (exact) mass is 449 g/mol. The fourth-order valence-corrected chi connectivity index (χ4v) is 1.96. The van der Waals surface area contributed by atoms with E-state index in [-0.39, 0.29) is 29.5 Å². The first-order chi connectivity index (χ1) is 10.4. The number of aliphatic imine (C=N–C) groups is 1. The van der Waals surface area contributed by atoms with E-state index in [9.17, 15) is 0 Å². The molecule has 0 fully saturated rings. The maximum atomic E-state index is 5.96.